The van der Waals surface area contributed by atoms with Gasteiger partial charge in [-0.05, 0) is 31.6 Å². The molecule has 104 valence electrons. The van der Waals surface area contributed by atoms with Gasteiger partial charge in [0, 0.05) is 18.8 Å². The molecule has 0 aromatic rings. The molecule has 0 aromatic carbocycles. The van der Waals surface area contributed by atoms with E-state index in [0.29, 0.717) is 5.41 Å². The van der Waals surface area contributed by atoms with Gasteiger partial charge in [-0.3, -0.25) is 4.79 Å². The van der Waals surface area contributed by atoms with Crippen LogP contribution in [0.15, 0.2) is 0 Å². The summed E-state index contributed by atoms with van der Waals surface area (Å²) in [4.78, 5) is 14.0. The van der Waals surface area contributed by atoms with Crippen molar-refractivity contribution in [3.05, 3.63) is 0 Å². The highest BCUT2D eigenvalue weighted by molar-refractivity contribution is 7.92. The number of carbonyl (C=O) groups excluding carboxylic acids is 1. The summed E-state index contributed by atoms with van der Waals surface area (Å²) in [5, 5.41) is -0.876. The predicted molar refractivity (Wildman–Crippen MR) is 71.0 cm³/mol. The van der Waals surface area contributed by atoms with E-state index < -0.39 is 15.1 Å². The SMILES string of the molecule is CCS(=O)(=O)C(C)C(=O)N1CCC2(CCCC2)C1. The highest BCUT2D eigenvalue weighted by atomic mass is 32.2. The van der Waals surface area contributed by atoms with Crippen molar-refractivity contribution < 1.29 is 13.2 Å². The van der Waals surface area contributed by atoms with Gasteiger partial charge in [0.15, 0.2) is 9.84 Å². The fourth-order valence-corrected chi connectivity index (χ4v) is 4.27. The van der Waals surface area contributed by atoms with E-state index in [2.05, 4.69) is 0 Å². The predicted octanol–water partition coefficient (Wildman–Crippen LogP) is 1.60. The number of nitrogens with zero attached hydrogens (tertiary/aromatic N) is 1. The molecule has 2 fully saturated rings. The standard InChI is InChI=1S/C13H23NO3S/c1-3-18(16,17)11(2)12(15)14-9-8-13(10-14)6-4-5-7-13/h11H,3-10H2,1-2H3. The van der Waals surface area contributed by atoms with Gasteiger partial charge in [0.05, 0.1) is 0 Å². The molecular formula is C13H23NO3S. The lowest BCUT2D eigenvalue weighted by Gasteiger charge is -2.25. The molecule has 1 unspecified atom stereocenters. The Morgan fingerprint density at radius 3 is 2.44 bits per heavy atom. The fourth-order valence-electron chi connectivity index (χ4n) is 3.32. The van der Waals surface area contributed by atoms with E-state index >= 15 is 0 Å². The van der Waals surface area contributed by atoms with Crippen molar-refractivity contribution in [2.45, 2.75) is 51.2 Å². The van der Waals surface area contributed by atoms with Gasteiger partial charge >= 0.3 is 0 Å². The molecular weight excluding hydrogens is 250 g/mol. The second-order valence-corrected chi connectivity index (χ2v) is 8.42. The van der Waals surface area contributed by atoms with Crippen molar-refractivity contribution in [3.63, 3.8) is 0 Å². The Kier molecular flexibility index (Phi) is 3.72. The van der Waals surface area contributed by atoms with Gasteiger partial charge < -0.3 is 4.90 Å². The minimum atomic E-state index is -3.26. The third-order valence-electron chi connectivity index (χ3n) is 4.70. The molecule has 1 aliphatic heterocycles. The lowest BCUT2D eigenvalue weighted by atomic mass is 9.86. The van der Waals surface area contributed by atoms with E-state index in [1.165, 1.54) is 32.6 Å². The van der Waals surface area contributed by atoms with Gasteiger partial charge in [0.1, 0.15) is 5.25 Å². The summed E-state index contributed by atoms with van der Waals surface area (Å²) in [5.41, 5.74) is 0.311. The van der Waals surface area contributed by atoms with Crippen LogP contribution in [0.2, 0.25) is 0 Å². The minimum absolute atomic E-state index is 0.0406. The van der Waals surface area contributed by atoms with Gasteiger partial charge in [-0.15, -0.1) is 0 Å². The quantitative estimate of drug-likeness (QED) is 0.785. The number of sulfone groups is 1. The van der Waals surface area contributed by atoms with Crippen LogP contribution in [0.3, 0.4) is 0 Å². The maximum atomic E-state index is 12.2. The van der Waals surface area contributed by atoms with Crippen molar-refractivity contribution in [1.82, 2.24) is 4.90 Å². The number of likely N-dealkylation sites (tertiary alicyclic amines) is 1. The summed E-state index contributed by atoms with van der Waals surface area (Å²) in [6.45, 7) is 4.64. The van der Waals surface area contributed by atoms with Crippen molar-refractivity contribution in [2.24, 2.45) is 5.41 Å². The van der Waals surface area contributed by atoms with Crippen molar-refractivity contribution in [2.75, 3.05) is 18.8 Å². The summed E-state index contributed by atoms with van der Waals surface area (Å²) in [5.74, 6) is -0.153. The maximum absolute atomic E-state index is 12.2. The molecule has 1 saturated carbocycles. The van der Waals surface area contributed by atoms with Crippen LogP contribution in [-0.4, -0.2) is 43.3 Å². The van der Waals surface area contributed by atoms with E-state index in [-0.39, 0.29) is 11.7 Å². The minimum Gasteiger partial charge on any atom is -0.341 e. The summed E-state index contributed by atoms with van der Waals surface area (Å²) in [6, 6.07) is 0. The Labute approximate surface area is 110 Å². The zero-order valence-electron chi connectivity index (χ0n) is 11.3. The second-order valence-electron chi connectivity index (χ2n) is 5.81. The molecule has 0 N–H and O–H groups in total. The lowest BCUT2D eigenvalue weighted by molar-refractivity contribution is -0.129. The number of hydrogen-bond donors (Lipinski definition) is 0. The molecule has 2 rings (SSSR count). The highest BCUT2D eigenvalue weighted by Crippen LogP contribution is 2.45. The van der Waals surface area contributed by atoms with Crippen molar-refractivity contribution in [3.8, 4) is 0 Å². The third kappa shape index (κ3) is 2.42. The van der Waals surface area contributed by atoms with Crippen LogP contribution >= 0.6 is 0 Å². The smallest absolute Gasteiger partial charge is 0.240 e. The molecule has 0 radical (unpaired) electrons. The zero-order valence-corrected chi connectivity index (χ0v) is 12.1. The Hall–Kier alpha value is -0.580. The average Bonchev–Trinajstić information content (AvgIpc) is 2.98. The van der Waals surface area contributed by atoms with Gasteiger partial charge in [0.2, 0.25) is 5.91 Å². The second kappa shape index (κ2) is 4.83. The van der Waals surface area contributed by atoms with Crippen LogP contribution < -0.4 is 0 Å². The third-order valence-corrected chi connectivity index (χ3v) is 6.79. The number of amides is 1. The normalized spacial score (nSPS) is 24.7. The number of hydrogen-bond acceptors (Lipinski definition) is 3. The Morgan fingerprint density at radius 1 is 1.28 bits per heavy atom. The molecule has 5 heteroatoms. The van der Waals surface area contributed by atoms with E-state index in [0.717, 1.165) is 19.5 Å². The first kappa shape index (κ1) is 13.8. The fraction of sp³-hybridized carbons (Fsp3) is 0.923. The summed E-state index contributed by atoms with van der Waals surface area (Å²) < 4.78 is 23.5. The van der Waals surface area contributed by atoms with E-state index in [1.54, 1.807) is 11.8 Å². The molecule has 2 aliphatic rings. The Balaban J connectivity index is 2.03. The average molecular weight is 273 g/mol. The lowest BCUT2D eigenvalue weighted by Crippen LogP contribution is -2.41. The zero-order chi connectivity index (χ0) is 13.4. The van der Waals surface area contributed by atoms with Crippen molar-refractivity contribution >= 4 is 15.7 Å². The monoisotopic (exact) mass is 273 g/mol. The van der Waals surface area contributed by atoms with Crippen LogP contribution in [0.1, 0.15) is 46.0 Å². The summed E-state index contributed by atoms with van der Waals surface area (Å²) >= 11 is 0. The largest absolute Gasteiger partial charge is 0.341 e. The van der Waals surface area contributed by atoms with E-state index in [4.69, 9.17) is 0 Å². The van der Waals surface area contributed by atoms with E-state index in [9.17, 15) is 13.2 Å². The van der Waals surface area contributed by atoms with Gasteiger partial charge in [-0.1, -0.05) is 19.8 Å². The van der Waals surface area contributed by atoms with Crippen LogP contribution in [0.4, 0.5) is 0 Å². The first-order valence-electron chi connectivity index (χ1n) is 6.91. The molecule has 4 nitrogen and oxygen atoms in total. The topological polar surface area (TPSA) is 54.5 Å². The molecule has 0 bridgehead atoms. The Morgan fingerprint density at radius 2 is 1.89 bits per heavy atom. The van der Waals surface area contributed by atoms with Crippen LogP contribution in [0.25, 0.3) is 0 Å². The highest BCUT2D eigenvalue weighted by Gasteiger charge is 2.43. The molecule has 1 spiro atoms. The van der Waals surface area contributed by atoms with Gasteiger partial charge in [0.25, 0.3) is 0 Å². The molecule has 1 atom stereocenters. The Bertz CT molecular complexity index is 424. The van der Waals surface area contributed by atoms with E-state index in [1.807, 2.05) is 0 Å². The maximum Gasteiger partial charge on any atom is 0.240 e. The molecule has 1 amide bonds. The number of rotatable bonds is 3. The molecule has 1 aliphatic carbocycles. The molecule has 1 saturated heterocycles. The van der Waals surface area contributed by atoms with Gasteiger partial charge in [-0.25, -0.2) is 8.42 Å². The van der Waals surface area contributed by atoms with Crippen LogP contribution in [0, 0.1) is 5.41 Å². The van der Waals surface area contributed by atoms with Gasteiger partial charge in [-0.2, -0.15) is 0 Å². The van der Waals surface area contributed by atoms with Crippen LogP contribution in [0.5, 0.6) is 0 Å². The molecule has 1 heterocycles. The number of carbonyl (C=O) groups is 1. The van der Waals surface area contributed by atoms with Crippen molar-refractivity contribution in [1.29, 1.82) is 0 Å². The first-order valence-corrected chi connectivity index (χ1v) is 8.62. The van der Waals surface area contributed by atoms with Crippen LogP contribution in [-0.2, 0) is 14.6 Å². The molecule has 0 aromatic heterocycles. The first-order chi connectivity index (χ1) is 8.40. The summed E-state index contributed by atoms with van der Waals surface area (Å²) in [7, 11) is -3.26. The summed E-state index contributed by atoms with van der Waals surface area (Å²) in [6.07, 6.45) is 5.96. The molecule has 18 heavy (non-hydrogen) atoms.